The highest BCUT2D eigenvalue weighted by Crippen LogP contribution is 2.46. The minimum absolute atomic E-state index is 0.00562. The monoisotopic (exact) mass is 374 g/mol. The maximum absolute atomic E-state index is 11.0. The maximum Gasteiger partial charge on any atom is 0.315 e. The molecular formula is C15H7ClN4O6. The fourth-order valence-electron chi connectivity index (χ4n) is 2.13. The van der Waals surface area contributed by atoms with Crippen LogP contribution < -0.4 is 0 Å². The van der Waals surface area contributed by atoms with Crippen molar-refractivity contribution < 1.29 is 24.8 Å². The van der Waals surface area contributed by atoms with Crippen LogP contribution in [0.4, 0.5) is 5.69 Å². The van der Waals surface area contributed by atoms with Gasteiger partial charge in [0.25, 0.3) is 5.89 Å². The molecule has 0 unspecified atom stereocenters. The van der Waals surface area contributed by atoms with Gasteiger partial charge in [-0.15, -0.1) is 0 Å². The molecule has 0 spiro atoms. The topological polar surface area (TPSA) is 167 Å². The van der Waals surface area contributed by atoms with Crippen LogP contribution in [0.15, 0.2) is 28.8 Å². The summed E-state index contributed by atoms with van der Waals surface area (Å²) in [5, 5.41) is 52.1. The van der Waals surface area contributed by atoms with E-state index in [1.807, 2.05) is 0 Å². The number of hydrogen-bond acceptors (Lipinski definition) is 9. The normalized spacial score (nSPS) is 10.5. The molecule has 2 aromatic carbocycles. The van der Waals surface area contributed by atoms with Gasteiger partial charge in [0.15, 0.2) is 5.75 Å². The molecule has 0 amide bonds. The van der Waals surface area contributed by atoms with Crippen LogP contribution in [-0.4, -0.2) is 30.4 Å². The number of halogens is 1. The number of rotatable bonds is 3. The third kappa shape index (κ3) is 2.72. The zero-order chi connectivity index (χ0) is 19.0. The second-order valence-corrected chi connectivity index (χ2v) is 5.36. The summed E-state index contributed by atoms with van der Waals surface area (Å²) in [7, 11) is 0. The van der Waals surface area contributed by atoms with Crippen LogP contribution in [-0.2, 0) is 0 Å². The Morgan fingerprint density at radius 1 is 1.23 bits per heavy atom. The Balaban J connectivity index is 2.10. The van der Waals surface area contributed by atoms with E-state index in [-0.39, 0.29) is 28.6 Å². The summed E-state index contributed by atoms with van der Waals surface area (Å²) < 4.78 is 5.00. The number of nitrogens with zero attached hydrogens (tertiary/aromatic N) is 4. The number of aromatic nitrogens is 2. The molecule has 3 aromatic rings. The average Bonchev–Trinajstić information content (AvgIpc) is 3.09. The number of nitriles is 1. The lowest BCUT2D eigenvalue weighted by atomic mass is 10.1. The van der Waals surface area contributed by atoms with Gasteiger partial charge in [-0.05, 0) is 18.2 Å². The van der Waals surface area contributed by atoms with E-state index in [1.165, 1.54) is 18.2 Å². The fraction of sp³-hybridized carbons (Fsp3) is 0. The summed E-state index contributed by atoms with van der Waals surface area (Å²) >= 11 is 5.89. The predicted octanol–water partition coefficient (Wildman–Crippen LogP) is 2.95. The fourth-order valence-corrected chi connectivity index (χ4v) is 2.36. The second-order valence-electron chi connectivity index (χ2n) is 4.98. The first-order chi connectivity index (χ1) is 12.3. The molecule has 0 fully saturated rings. The van der Waals surface area contributed by atoms with Crippen molar-refractivity contribution in [3.05, 3.63) is 45.0 Å². The Morgan fingerprint density at radius 2 is 1.96 bits per heavy atom. The molecular weight excluding hydrogens is 368 g/mol. The lowest BCUT2D eigenvalue weighted by Gasteiger charge is -2.04. The highest BCUT2D eigenvalue weighted by Gasteiger charge is 2.26. The number of benzene rings is 2. The van der Waals surface area contributed by atoms with E-state index >= 15 is 0 Å². The number of phenolic OH excluding ortho intramolecular Hbond substituents is 3. The van der Waals surface area contributed by atoms with E-state index in [1.54, 1.807) is 6.07 Å². The Kier molecular flexibility index (Phi) is 4.07. The largest absolute Gasteiger partial charge is 0.507 e. The van der Waals surface area contributed by atoms with Crippen LogP contribution in [0.2, 0.25) is 5.02 Å². The van der Waals surface area contributed by atoms with Gasteiger partial charge in [0.1, 0.15) is 11.8 Å². The first kappa shape index (κ1) is 17.0. The number of nitro groups is 1. The number of phenols is 3. The molecule has 1 aromatic heterocycles. The van der Waals surface area contributed by atoms with Gasteiger partial charge in [-0.25, -0.2) is 0 Å². The smallest absolute Gasteiger partial charge is 0.315 e. The van der Waals surface area contributed by atoms with Gasteiger partial charge < -0.3 is 19.8 Å². The van der Waals surface area contributed by atoms with Crippen molar-refractivity contribution >= 4 is 17.3 Å². The quantitative estimate of drug-likeness (QED) is 0.354. The zero-order valence-corrected chi connectivity index (χ0v) is 13.3. The van der Waals surface area contributed by atoms with Crippen LogP contribution >= 0.6 is 11.6 Å². The number of nitro benzene ring substituents is 1. The highest BCUT2D eigenvalue weighted by atomic mass is 35.5. The minimum atomic E-state index is -0.986. The average molecular weight is 375 g/mol. The lowest BCUT2D eigenvalue weighted by molar-refractivity contribution is -0.385. The van der Waals surface area contributed by atoms with E-state index in [4.69, 9.17) is 21.4 Å². The van der Waals surface area contributed by atoms with Gasteiger partial charge in [0, 0.05) is 11.6 Å². The Morgan fingerprint density at radius 3 is 2.58 bits per heavy atom. The summed E-state index contributed by atoms with van der Waals surface area (Å²) in [6.07, 6.45) is 0. The molecule has 10 nitrogen and oxygen atoms in total. The van der Waals surface area contributed by atoms with Crippen molar-refractivity contribution in [3.8, 4) is 46.2 Å². The van der Waals surface area contributed by atoms with Crippen molar-refractivity contribution in [2.75, 3.05) is 0 Å². The molecule has 0 saturated heterocycles. The van der Waals surface area contributed by atoms with Crippen LogP contribution in [0, 0.1) is 21.4 Å². The molecule has 0 aliphatic heterocycles. The van der Waals surface area contributed by atoms with E-state index in [0.29, 0.717) is 5.56 Å². The van der Waals surface area contributed by atoms with Crippen molar-refractivity contribution in [2.45, 2.75) is 0 Å². The molecule has 0 radical (unpaired) electrons. The minimum Gasteiger partial charge on any atom is -0.507 e. The van der Waals surface area contributed by atoms with Crippen LogP contribution in [0.3, 0.4) is 0 Å². The summed E-state index contributed by atoms with van der Waals surface area (Å²) in [4.78, 5) is 14.1. The van der Waals surface area contributed by atoms with Gasteiger partial charge in [0.05, 0.1) is 21.1 Å². The Hall–Kier alpha value is -3.84. The molecule has 26 heavy (non-hydrogen) atoms. The number of aromatic hydroxyl groups is 3. The standard InChI is InChI=1S/C15H7ClN4O6/c16-11-8(4-9(20(24)25)12(22)13(11)23)15-18-14(19-26-15)6-1-2-7(5-17)10(21)3-6/h1-4,21-23H. The van der Waals surface area contributed by atoms with Gasteiger partial charge >= 0.3 is 5.69 Å². The van der Waals surface area contributed by atoms with Crippen molar-refractivity contribution in [3.63, 3.8) is 0 Å². The lowest BCUT2D eigenvalue weighted by Crippen LogP contribution is -1.92. The van der Waals surface area contributed by atoms with E-state index in [9.17, 15) is 25.4 Å². The highest BCUT2D eigenvalue weighted by molar-refractivity contribution is 6.35. The van der Waals surface area contributed by atoms with Gasteiger partial charge in [-0.3, -0.25) is 10.1 Å². The van der Waals surface area contributed by atoms with Crippen LogP contribution in [0.25, 0.3) is 22.8 Å². The predicted molar refractivity (Wildman–Crippen MR) is 86.5 cm³/mol. The molecule has 0 bridgehead atoms. The zero-order valence-electron chi connectivity index (χ0n) is 12.5. The van der Waals surface area contributed by atoms with E-state index < -0.39 is 27.1 Å². The summed E-state index contributed by atoms with van der Waals surface area (Å²) in [5.41, 5.74) is -0.590. The number of hydrogen-bond donors (Lipinski definition) is 3. The van der Waals surface area contributed by atoms with E-state index in [0.717, 1.165) is 6.07 Å². The molecule has 0 saturated carbocycles. The third-order valence-corrected chi connectivity index (χ3v) is 3.80. The molecule has 0 atom stereocenters. The first-order valence-corrected chi connectivity index (χ1v) is 7.17. The SMILES string of the molecule is N#Cc1ccc(-c2noc(-c3cc([N+](=O)[O-])c(O)c(O)c3Cl)n2)cc1O. The van der Waals surface area contributed by atoms with E-state index in [2.05, 4.69) is 10.1 Å². The Bertz CT molecular complexity index is 1090. The molecule has 3 N–H and O–H groups in total. The van der Waals surface area contributed by atoms with Gasteiger partial charge in [0.2, 0.25) is 11.6 Å². The van der Waals surface area contributed by atoms with Crippen LogP contribution in [0.1, 0.15) is 5.56 Å². The first-order valence-electron chi connectivity index (χ1n) is 6.80. The van der Waals surface area contributed by atoms with Gasteiger partial charge in [-0.1, -0.05) is 16.8 Å². The van der Waals surface area contributed by atoms with Crippen LogP contribution in [0.5, 0.6) is 17.2 Å². The van der Waals surface area contributed by atoms with Gasteiger partial charge in [-0.2, -0.15) is 10.2 Å². The van der Waals surface area contributed by atoms with Crippen molar-refractivity contribution in [2.24, 2.45) is 0 Å². The second kappa shape index (κ2) is 6.23. The summed E-state index contributed by atoms with van der Waals surface area (Å²) in [5.74, 6) is -2.42. The maximum atomic E-state index is 11.0. The Labute approximate surface area is 149 Å². The molecule has 3 rings (SSSR count). The molecule has 11 heteroatoms. The third-order valence-electron chi connectivity index (χ3n) is 3.42. The van der Waals surface area contributed by atoms with Crippen molar-refractivity contribution in [1.82, 2.24) is 10.1 Å². The summed E-state index contributed by atoms with van der Waals surface area (Å²) in [6, 6.07) is 6.73. The molecule has 0 aliphatic carbocycles. The molecule has 130 valence electrons. The summed E-state index contributed by atoms with van der Waals surface area (Å²) in [6.45, 7) is 0. The molecule has 0 aliphatic rings. The van der Waals surface area contributed by atoms with Crippen molar-refractivity contribution in [1.29, 1.82) is 5.26 Å². The molecule has 1 heterocycles.